The average molecular weight is 395 g/mol. The van der Waals surface area contributed by atoms with E-state index in [0.717, 1.165) is 38.5 Å². The van der Waals surface area contributed by atoms with Gasteiger partial charge in [-0.3, -0.25) is 4.99 Å². The second-order valence-electron chi connectivity index (χ2n) is 7.98. The lowest BCUT2D eigenvalue weighted by Crippen LogP contribution is -2.41. The van der Waals surface area contributed by atoms with Gasteiger partial charge in [0.2, 0.25) is 0 Å². The molecule has 1 aliphatic rings. The molecule has 1 fully saturated rings. The summed E-state index contributed by atoms with van der Waals surface area (Å²) >= 11 is 0. The Kier molecular flexibility index (Phi) is 7.53. The second kappa shape index (κ2) is 10.3. The maximum atomic E-state index is 6.14. The van der Waals surface area contributed by atoms with E-state index in [1.165, 1.54) is 22.4 Å². The fourth-order valence-electron chi connectivity index (χ4n) is 3.76. The molecule has 0 aliphatic carbocycles. The summed E-state index contributed by atoms with van der Waals surface area (Å²) in [7, 11) is 5.94. The van der Waals surface area contributed by atoms with Crippen molar-refractivity contribution in [2.24, 2.45) is 10.9 Å². The molecule has 29 heavy (non-hydrogen) atoms. The normalized spacial score (nSPS) is 19.7. The SMILES string of the molecule is CN=C(NCc1cccc(N(C)C)c1)NCC1CCCOC1c1ccc(C)cc1. The third kappa shape index (κ3) is 5.97. The molecule has 2 unspecified atom stereocenters. The van der Waals surface area contributed by atoms with Crippen LogP contribution in [0.1, 0.15) is 35.6 Å². The summed E-state index contributed by atoms with van der Waals surface area (Å²) in [5.74, 6) is 1.26. The average Bonchev–Trinajstić information content (AvgIpc) is 2.75. The number of anilines is 1. The smallest absolute Gasteiger partial charge is 0.191 e. The van der Waals surface area contributed by atoms with Crippen molar-refractivity contribution < 1.29 is 4.74 Å². The lowest BCUT2D eigenvalue weighted by molar-refractivity contribution is -0.0265. The lowest BCUT2D eigenvalue weighted by Gasteiger charge is -2.32. The summed E-state index contributed by atoms with van der Waals surface area (Å²) < 4.78 is 6.14. The van der Waals surface area contributed by atoms with E-state index in [4.69, 9.17) is 4.74 Å². The van der Waals surface area contributed by atoms with Gasteiger partial charge in [-0.1, -0.05) is 42.0 Å². The number of ether oxygens (including phenoxy) is 1. The fraction of sp³-hybridized carbons (Fsp3) is 0.458. The van der Waals surface area contributed by atoms with E-state index >= 15 is 0 Å². The van der Waals surface area contributed by atoms with E-state index < -0.39 is 0 Å². The molecule has 1 heterocycles. The largest absolute Gasteiger partial charge is 0.378 e. The summed E-state index contributed by atoms with van der Waals surface area (Å²) in [5.41, 5.74) is 4.98. The van der Waals surface area contributed by atoms with Gasteiger partial charge in [-0.25, -0.2) is 0 Å². The Morgan fingerprint density at radius 2 is 1.93 bits per heavy atom. The zero-order valence-corrected chi connectivity index (χ0v) is 18.1. The van der Waals surface area contributed by atoms with Crippen LogP contribution in [0.25, 0.3) is 0 Å². The minimum Gasteiger partial charge on any atom is -0.378 e. The van der Waals surface area contributed by atoms with Crippen molar-refractivity contribution in [2.75, 3.05) is 39.2 Å². The van der Waals surface area contributed by atoms with Gasteiger partial charge in [0, 0.05) is 52.4 Å². The molecule has 0 aromatic heterocycles. The number of nitrogens with one attached hydrogen (secondary N) is 2. The molecule has 2 aromatic rings. The van der Waals surface area contributed by atoms with Crippen LogP contribution in [0.2, 0.25) is 0 Å². The Bertz CT molecular complexity index is 801. The molecule has 0 saturated carbocycles. The van der Waals surface area contributed by atoms with Gasteiger partial charge in [0.25, 0.3) is 0 Å². The van der Waals surface area contributed by atoms with Gasteiger partial charge in [-0.15, -0.1) is 0 Å². The van der Waals surface area contributed by atoms with Crippen LogP contribution < -0.4 is 15.5 Å². The molecule has 2 atom stereocenters. The van der Waals surface area contributed by atoms with Crippen molar-refractivity contribution in [1.29, 1.82) is 0 Å². The van der Waals surface area contributed by atoms with Crippen LogP contribution in [0, 0.1) is 12.8 Å². The highest BCUT2D eigenvalue weighted by Crippen LogP contribution is 2.33. The monoisotopic (exact) mass is 394 g/mol. The molecule has 0 radical (unpaired) electrons. The molecule has 0 amide bonds. The molecular formula is C24H34N4O. The number of rotatable bonds is 6. The van der Waals surface area contributed by atoms with Crippen molar-refractivity contribution in [3.8, 4) is 0 Å². The Hall–Kier alpha value is -2.53. The molecule has 1 aliphatic heterocycles. The molecule has 3 rings (SSSR count). The summed E-state index contributed by atoms with van der Waals surface area (Å²) in [6, 6.07) is 17.3. The van der Waals surface area contributed by atoms with Crippen molar-refractivity contribution in [3.63, 3.8) is 0 Å². The first-order valence-corrected chi connectivity index (χ1v) is 10.5. The molecule has 5 nitrogen and oxygen atoms in total. The summed E-state index contributed by atoms with van der Waals surface area (Å²) in [6.45, 7) is 4.54. The highest BCUT2D eigenvalue weighted by Gasteiger charge is 2.27. The second-order valence-corrected chi connectivity index (χ2v) is 7.98. The molecule has 2 aromatic carbocycles. The predicted octanol–water partition coefficient (Wildman–Crippen LogP) is 3.89. The van der Waals surface area contributed by atoms with Gasteiger partial charge in [0.15, 0.2) is 5.96 Å². The number of hydrogen-bond donors (Lipinski definition) is 2. The van der Waals surface area contributed by atoms with Crippen LogP contribution in [-0.2, 0) is 11.3 Å². The van der Waals surface area contributed by atoms with Crippen molar-refractivity contribution in [2.45, 2.75) is 32.4 Å². The molecule has 2 N–H and O–H groups in total. The molecular weight excluding hydrogens is 360 g/mol. The van der Waals surface area contributed by atoms with Gasteiger partial charge >= 0.3 is 0 Å². The van der Waals surface area contributed by atoms with E-state index in [0.29, 0.717) is 5.92 Å². The van der Waals surface area contributed by atoms with Crippen LogP contribution in [-0.4, -0.2) is 40.3 Å². The Balaban J connectivity index is 1.56. The topological polar surface area (TPSA) is 48.9 Å². The molecule has 5 heteroatoms. The van der Waals surface area contributed by atoms with Gasteiger partial charge in [0.05, 0.1) is 6.10 Å². The third-order valence-electron chi connectivity index (χ3n) is 5.49. The fourth-order valence-corrected chi connectivity index (χ4v) is 3.76. The summed E-state index contributed by atoms with van der Waals surface area (Å²) in [4.78, 5) is 6.51. The summed E-state index contributed by atoms with van der Waals surface area (Å²) in [5, 5.41) is 6.94. The minimum absolute atomic E-state index is 0.145. The van der Waals surface area contributed by atoms with Crippen molar-refractivity contribution in [3.05, 3.63) is 65.2 Å². The van der Waals surface area contributed by atoms with E-state index in [-0.39, 0.29) is 6.10 Å². The highest BCUT2D eigenvalue weighted by molar-refractivity contribution is 5.79. The van der Waals surface area contributed by atoms with Crippen LogP contribution in [0.5, 0.6) is 0 Å². The van der Waals surface area contributed by atoms with Crippen LogP contribution in [0.4, 0.5) is 5.69 Å². The standard InChI is InChI=1S/C24H34N4O/c1-18-10-12-20(13-11-18)23-21(8-6-14-29-23)17-27-24(25-2)26-16-19-7-5-9-22(15-19)28(3)4/h5,7,9-13,15,21,23H,6,8,14,16-17H2,1-4H3,(H2,25,26,27). The summed E-state index contributed by atoms with van der Waals surface area (Å²) in [6.07, 6.45) is 2.41. The maximum absolute atomic E-state index is 6.14. The van der Waals surface area contributed by atoms with Crippen molar-refractivity contribution >= 4 is 11.6 Å². The Morgan fingerprint density at radius 3 is 2.66 bits per heavy atom. The third-order valence-corrected chi connectivity index (χ3v) is 5.49. The Labute approximate surface area is 175 Å². The van der Waals surface area contributed by atoms with Crippen LogP contribution in [0.3, 0.4) is 0 Å². The quantitative estimate of drug-likeness (QED) is 0.576. The van der Waals surface area contributed by atoms with Gasteiger partial charge in [-0.05, 0) is 43.0 Å². The molecule has 156 valence electrons. The van der Waals surface area contributed by atoms with Crippen molar-refractivity contribution in [1.82, 2.24) is 10.6 Å². The van der Waals surface area contributed by atoms with E-state index in [1.54, 1.807) is 0 Å². The first-order valence-electron chi connectivity index (χ1n) is 10.5. The van der Waals surface area contributed by atoms with Crippen LogP contribution >= 0.6 is 0 Å². The predicted molar refractivity (Wildman–Crippen MR) is 122 cm³/mol. The van der Waals surface area contributed by atoms with E-state index in [9.17, 15) is 0 Å². The number of aryl methyl sites for hydroxylation is 1. The zero-order valence-electron chi connectivity index (χ0n) is 18.1. The Morgan fingerprint density at radius 1 is 1.14 bits per heavy atom. The first kappa shape index (κ1) is 21.2. The lowest BCUT2D eigenvalue weighted by atomic mass is 9.89. The first-order chi connectivity index (χ1) is 14.1. The minimum atomic E-state index is 0.145. The molecule has 0 spiro atoms. The number of hydrogen-bond acceptors (Lipinski definition) is 3. The number of nitrogens with zero attached hydrogens (tertiary/aromatic N) is 2. The van der Waals surface area contributed by atoms with E-state index in [1.807, 2.05) is 7.05 Å². The maximum Gasteiger partial charge on any atom is 0.191 e. The van der Waals surface area contributed by atoms with E-state index in [2.05, 4.69) is 90.1 Å². The molecule has 0 bridgehead atoms. The van der Waals surface area contributed by atoms with Gasteiger partial charge in [0.1, 0.15) is 0 Å². The molecule has 1 saturated heterocycles. The number of benzene rings is 2. The number of guanidine groups is 1. The number of aliphatic imine (C=N–C) groups is 1. The van der Waals surface area contributed by atoms with Crippen LogP contribution in [0.15, 0.2) is 53.5 Å². The zero-order chi connectivity index (χ0) is 20.6. The van der Waals surface area contributed by atoms with Gasteiger partial charge < -0.3 is 20.3 Å². The highest BCUT2D eigenvalue weighted by atomic mass is 16.5. The van der Waals surface area contributed by atoms with Gasteiger partial charge in [-0.2, -0.15) is 0 Å².